The highest BCUT2D eigenvalue weighted by molar-refractivity contribution is 6.02. The predicted molar refractivity (Wildman–Crippen MR) is 79.9 cm³/mol. The smallest absolute Gasteiger partial charge is 0.269 e. The summed E-state index contributed by atoms with van der Waals surface area (Å²) in [6.45, 7) is -0.0824. The summed E-state index contributed by atoms with van der Waals surface area (Å²) in [6.07, 6.45) is 2.30. The van der Waals surface area contributed by atoms with E-state index >= 15 is 0 Å². The van der Waals surface area contributed by atoms with Crippen molar-refractivity contribution in [2.45, 2.75) is 0 Å². The Morgan fingerprint density at radius 3 is 2.52 bits per heavy atom. The molecule has 3 aromatic rings. The Hall–Kier alpha value is -2.88. The summed E-state index contributed by atoms with van der Waals surface area (Å²) in [5.74, 6) is 0.418. The molecule has 21 heavy (non-hydrogen) atoms. The SMILES string of the molecule is O=Cc1cn(C(=O)COc2ccccc2)c2ccccc12. The molecule has 0 unspecified atom stereocenters. The summed E-state index contributed by atoms with van der Waals surface area (Å²) < 4.78 is 6.92. The number of nitrogens with zero attached hydrogens (tertiary/aromatic N) is 1. The first-order valence-electron chi connectivity index (χ1n) is 6.56. The molecule has 0 aliphatic carbocycles. The Labute approximate surface area is 121 Å². The van der Waals surface area contributed by atoms with Crippen molar-refractivity contribution in [2.24, 2.45) is 0 Å². The third-order valence-electron chi connectivity index (χ3n) is 3.24. The second-order valence-electron chi connectivity index (χ2n) is 4.58. The van der Waals surface area contributed by atoms with Gasteiger partial charge in [-0.25, -0.2) is 0 Å². The molecule has 0 atom stereocenters. The normalized spacial score (nSPS) is 10.5. The van der Waals surface area contributed by atoms with Crippen molar-refractivity contribution in [3.05, 3.63) is 66.4 Å². The average Bonchev–Trinajstić information content (AvgIpc) is 2.92. The number of rotatable bonds is 4. The van der Waals surface area contributed by atoms with Gasteiger partial charge in [-0.1, -0.05) is 36.4 Å². The van der Waals surface area contributed by atoms with Crippen LogP contribution in [0.2, 0.25) is 0 Å². The van der Waals surface area contributed by atoms with Crippen LogP contribution in [0, 0.1) is 0 Å². The van der Waals surface area contributed by atoms with Gasteiger partial charge < -0.3 is 4.74 Å². The van der Waals surface area contributed by atoms with Gasteiger partial charge in [-0.3, -0.25) is 14.2 Å². The van der Waals surface area contributed by atoms with Gasteiger partial charge in [-0.05, 0) is 18.2 Å². The van der Waals surface area contributed by atoms with Crippen LogP contribution >= 0.6 is 0 Å². The fraction of sp³-hybridized carbons (Fsp3) is 0.0588. The lowest BCUT2D eigenvalue weighted by atomic mass is 10.2. The second kappa shape index (κ2) is 5.63. The highest BCUT2D eigenvalue weighted by atomic mass is 16.5. The quantitative estimate of drug-likeness (QED) is 0.689. The Morgan fingerprint density at radius 1 is 1.05 bits per heavy atom. The van der Waals surface area contributed by atoms with Crippen LogP contribution < -0.4 is 4.74 Å². The molecule has 104 valence electrons. The van der Waals surface area contributed by atoms with Crippen LogP contribution in [-0.2, 0) is 0 Å². The molecular weight excluding hydrogens is 266 g/mol. The lowest BCUT2D eigenvalue weighted by molar-refractivity contribution is 0.0843. The van der Waals surface area contributed by atoms with Gasteiger partial charge in [0.1, 0.15) is 5.75 Å². The first kappa shape index (κ1) is 13.1. The van der Waals surface area contributed by atoms with Crippen LogP contribution in [0.1, 0.15) is 15.2 Å². The highest BCUT2D eigenvalue weighted by Crippen LogP contribution is 2.20. The van der Waals surface area contributed by atoms with Gasteiger partial charge in [-0.2, -0.15) is 0 Å². The van der Waals surface area contributed by atoms with E-state index in [1.54, 1.807) is 18.3 Å². The molecule has 1 heterocycles. The van der Waals surface area contributed by atoms with E-state index in [2.05, 4.69) is 0 Å². The molecule has 0 fully saturated rings. The molecule has 1 aromatic heterocycles. The van der Waals surface area contributed by atoms with Crippen molar-refractivity contribution in [3.63, 3.8) is 0 Å². The van der Waals surface area contributed by atoms with E-state index in [-0.39, 0.29) is 12.5 Å². The van der Waals surface area contributed by atoms with Crippen molar-refractivity contribution in [2.75, 3.05) is 6.61 Å². The van der Waals surface area contributed by atoms with Gasteiger partial charge in [0.05, 0.1) is 5.52 Å². The zero-order valence-electron chi connectivity index (χ0n) is 11.2. The van der Waals surface area contributed by atoms with E-state index in [1.165, 1.54) is 4.57 Å². The topological polar surface area (TPSA) is 48.3 Å². The minimum atomic E-state index is -0.219. The minimum absolute atomic E-state index is 0.0824. The minimum Gasteiger partial charge on any atom is -0.484 e. The predicted octanol–water partition coefficient (Wildman–Crippen LogP) is 3.17. The van der Waals surface area contributed by atoms with E-state index in [1.807, 2.05) is 42.5 Å². The molecule has 0 N–H and O–H groups in total. The third-order valence-corrected chi connectivity index (χ3v) is 3.24. The molecule has 0 radical (unpaired) electrons. The molecule has 3 rings (SSSR count). The summed E-state index contributed by atoms with van der Waals surface area (Å²) in [6, 6.07) is 16.4. The molecule has 4 nitrogen and oxygen atoms in total. The van der Waals surface area contributed by atoms with Crippen LogP contribution in [0.15, 0.2) is 60.8 Å². The van der Waals surface area contributed by atoms with Crippen LogP contribution in [0.4, 0.5) is 0 Å². The maximum absolute atomic E-state index is 12.3. The molecule has 0 saturated carbocycles. The number of hydrogen-bond acceptors (Lipinski definition) is 3. The van der Waals surface area contributed by atoms with Gasteiger partial charge in [0.25, 0.3) is 5.91 Å². The van der Waals surface area contributed by atoms with E-state index in [0.717, 1.165) is 11.7 Å². The molecule has 0 amide bonds. The summed E-state index contributed by atoms with van der Waals surface area (Å²) in [5.41, 5.74) is 1.21. The van der Waals surface area contributed by atoms with Crippen LogP contribution in [0.25, 0.3) is 10.9 Å². The van der Waals surface area contributed by atoms with Crippen molar-refractivity contribution < 1.29 is 14.3 Å². The Kier molecular flexibility index (Phi) is 3.51. The molecule has 0 aliphatic heterocycles. The summed E-state index contributed by atoms with van der Waals surface area (Å²) in [4.78, 5) is 23.4. The standard InChI is InChI=1S/C17H13NO3/c19-11-13-10-18(16-9-5-4-8-15(13)16)17(20)12-21-14-6-2-1-3-7-14/h1-11H,12H2. The van der Waals surface area contributed by atoms with E-state index in [9.17, 15) is 9.59 Å². The molecule has 0 saturated heterocycles. The van der Waals surface area contributed by atoms with Crippen LogP contribution in [0.3, 0.4) is 0 Å². The van der Waals surface area contributed by atoms with Crippen LogP contribution in [0.5, 0.6) is 5.75 Å². The summed E-state index contributed by atoms with van der Waals surface area (Å²) in [5, 5.41) is 0.764. The number of carbonyl (C=O) groups excluding carboxylic acids is 2. The van der Waals surface area contributed by atoms with Gasteiger partial charge in [0.2, 0.25) is 0 Å². The Balaban J connectivity index is 1.86. The highest BCUT2D eigenvalue weighted by Gasteiger charge is 2.13. The summed E-state index contributed by atoms with van der Waals surface area (Å²) >= 11 is 0. The second-order valence-corrected chi connectivity index (χ2v) is 4.58. The molecule has 0 bridgehead atoms. The fourth-order valence-electron chi connectivity index (χ4n) is 2.24. The maximum atomic E-state index is 12.3. The number of aldehydes is 1. The molecule has 0 spiro atoms. The average molecular weight is 279 g/mol. The Morgan fingerprint density at radius 2 is 1.76 bits per heavy atom. The molecule has 2 aromatic carbocycles. The van der Waals surface area contributed by atoms with E-state index in [0.29, 0.717) is 16.8 Å². The molecule has 0 aliphatic rings. The first-order valence-corrected chi connectivity index (χ1v) is 6.56. The molecular formula is C17H13NO3. The third kappa shape index (κ3) is 2.56. The number of aromatic nitrogens is 1. The molecule has 4 heteroatoms. The maximum Gasteiger partial charge on any atom is 0.269 e. The van der Waals surface area contributed by atoms with E-state index < -0.39 is 0 Å². The largest absolute Gasteiger partial charge is 0.484 e. The number of benzene rings is 2. The number of fused-ring (bicyclic) bond motifs is 1. The first-order chi connectivity index (χ1) is 10.3. The van der Waals surface area contributed by atoms with Crippen molar-refractivity contribution in [3.8, 4) is 5.75 Å². The summed E-state index contributed by atoms with van der Waals surface area (Å²) in [7, 11) is 0. The van der Waals surface area contributed by atoms with E-state index in [4.69, 9.17) is 4.74 Å². The van der Waals surface area contributed by atoms with Crippen molar-refractivity contribution in [1.29, 1.82) is 0 Å². The van der Waals surface area contributed by atoms with Gasteiger partial charge in [0.15, 0.2) is 12.9 Å². The monoisotopic (exact) mass is 279 g/mol. The number of carbonyl (C=O) groups is 2. The Bertz CT molecular complexity index is 790. The number of ether oxygens (including phenoxy) is 1. The fourth-order valence-corrected chi connectivity index (χ4v) is 2.24. The lowest BCUT2D eigenvalue weighted by Gasteiger charge is -2.06. The zero-order chi connectivity index (χ0) is 14.7. The zero-order valence-corrected chi connectivity index (χ0v) is 11.2. The van der Waals surface area contributed by atoms with Crippen molar-refractivity contribution >= 4 is 23.1 Å². The van der Waals surface area contributed by atoms with Crippen molar-refractivity contribution in [1.82, 2.24) is 4.57 Å². The van der Waals surface area contributed by atoms with Gasteiger partial charge >= 0.3 is 0 Å². The number of para-hydroxylation sites is 2. The van der Waals surface area contributed by atoms with Gasteiger partial charge in [-0.15, -0.1) is 0 Å². The number of hydrogen-bond donors (Lipinski definition) is 0. The van der Waals surface area contributed by atoms with Gasteiger partial charge in [0, 0.05) is 17.1 Å². The lowest BCUT2D eigenvalue weighted by Crippen LogP contribution is -2.18. The van der Waals surface area contributed by atoms with Crippen LogP contribution in [-0.4, -0.2) is 23.4 Å².